The number of hydrogen-bond acceptors (Lipinski definition) is 3. The van der Waals surface area contributed by atoms with E-state index in [0.29, 0.717) is 12.6 Å². The molecule has 1 heterocycles. The largest absolute Gasteiger partial charge is 0.381 e. The molecule has 2 N–H and O–H groups in total. The molecule has 124 valence electrons. The Kier molecular flexibility index (Phi) is 4.83. The standard InChI is InChI=1S/C19H26N2O2/c1-13-16(11-12-20)17-5-3-4-6-18(17)21(13)19(22)14-7-9-15(23-2)10-8-14/h3-6,14-15H,7-12,20H2,1-2H3. The monoisotopic (exact) mass is 314 g/mol. The highest BCUT2D eigenvalue weighted by Crippen LogP contribution is 2.31. The van der Waals surface area contributed by atoms with Crippen LogP contribution in [-0.4, -0.2) is 30.2 Å². The lowest BCUT2D eigenvalue weighted by Crippen LogP contribution is -2.29. The maximum atomic E-state index is 13.1. The van der Waals surface area contributed by atoms with E-state index in [1.165, 1.54) is 5.56 Å². The van der Waals surface area contributed by atoms with Crippen molar-refractivity contribution in [1.82, 2.24) is 4.57 Å². The molecule has 3 rings (SSSR count). The minimum absolute atomic E-state index is 0.0987. The lowest BCUT2D eigenvalue weighted by Gasteiger charge is -2.27. The number of hydrogen-bond donors (Lipinski definition) is 1. The van der Waals surface area contributed by atoms with Crippen LogP contribution in [0.25, 0.3) is 10.9 Å². The normalized spacial score (nSPS) is 21.7. The van der Waals surface area contributed by atoms with Crippen molar-refractivity contribution in [3.63, 3.8) is 0 Å². The first-order chi connectivity index (χ1) is 11.2. The summed E-state index contributed by atoms with van der Waals surface area (Å²) in [6.45, 7) is 2.64. The smallest absolute Gasteiger partial charge is 0.234 e. The Morgan fingerprint density at radius 3 is 2.61 bits per heavy atom. The van der Waals surface area contributed by atoms with Crippen molar-refractivity contribution in [2.45, 2.75) is 45.1 Å². The van der Waals surface area contributed by atoms with Gasteiger partial charge in [0, 0.05) is 24.1 Å². The van der Waals surface area contributed by atoms with Crippen LogP contribution in [0, 0.1) is 12.8 Å². The van der Waals surface area contributed by atoms with E-state index in [0.717, 1.165) is 48.7 Å². The van der Waals surface area contributed by atoms with Gasteiger partial charge in [0.25, 0.3) is 0 Å². The highest BCUT2D eigenvalue weighted by atomic mass is 16.5. The second-order valence-corrected chi connectivity index (χ2v) is 6.50. The summed E-state index contributed by atoms with van der Waals surface area (Å²) in [6.07, 6.45) is 4.89. The summed E-state index contributed by atoms with van der Waals surface area (Å²) in [7, 11) is 1.76. The Bertz CT molecular complexity index is 697. The van der Waals surface area contributed by atoms with Crippen LogP contribution in [0.3, 0.4) is 0 Å². The van der Waals surface area contributed by atoms with E-state index < -0.39 is 0 Å². The van der Waals surface area contributed by atoms with Gasteiger partial charge < -0.3 is 10.5 Å². The minimum Gasteiger partial charge on any atom is -0.381 e. The van der Waals surface area contributed by atoms with Crippen LogP contribution >= 0.6 is 0 Å². The zero-order valence-electron chi connectivity index (χ0n) is 14.0. The molecule has 4 nitrogen and oxygen atoms in total. The number of carbonyl (C=O) groups is 1. The van der Waals surface area contributed by atoms with E-state index in [2.05, 4.69) is 6.07 Å². The number of benzene rings is 1. The van der Waals surface area contributed by atoms with E-state index in [1.807, 2.05) is 29.7 Å². The fraction of sp³-hybridized carbons (Fsp3) is 0.526. The molecule has 23 heavy (non-hydrogen) atoms. The molecule has 1 saturated carbocycles. The first-order valence-electron chi connectivity index (χ1n) is 8.53. The van der Waals surface area contributed by atoms with Crippen LogP contribution < -0.4 is 5.73 Å². The van der Waals surface area contributed by atoms with Gasteiger partial charge in [0.15, 0.2) is 0 Å². The Labute approximate surface area is 137 Å². The minimum atomic E-state index is 0.0987. The molecule has 0 atom stereocenters. The summed E-state index contributed by atoms with van der Waals surface area (Å²) in [4.78, 5) is 13.1. The number of methoxy groups -OCH3 is 1. The van der Waals surface area contributed by atoms with E-state index in [1.54, 1.807) is 7.11 Å². The number of para-hydroxylation sites is 1. The zero-order valence-corrected chi connectivity index (χ0v) is 14.0. The Hall–Kier alpha value is -1.65. The number of nitrogens with two attached hydrogens (primary N) is 1. The van der Waals surface area contributed by atoms with Crippen molar-refractivity contribution in [2.24, 2.45) is 11.7 Å². The van der Waals surface area contributed by atoms with Crippen molar-refractivity contribution in [1.29, 1.82) is 0 Å². The number of aromatic nitrogens is 1. The van der Waals surface area contributed by atoms with Crippen LogP contribution in [0.2, 0.25) is 0 Å². The molecule has 1 aliphatic rings. The summed E-state index contributed by atoms with van der Waals surface area (Å²) in [5, 5.41) is 1.16. The van der Waals surface area contributed by atoms with Gasteiger partial charge in [-0.25, -0.2) is 0 Å². The predicted molar refractivity (Wildman–Crippen MR) is 92.8 cm³/mol. The van der Waals surface area contributed by atoms with E-state index in [-0.39, 0.29) is 11.8 Å². The van der Waals surface area contributed by atoms with Crippen molar-refractivity contribution in [3.8, 4) is 0 Å². The molecule has 1 fully saturated rings. The lowest BCUT2D eigenvalue weighted by atomic mass is 9.86. The van der Waals surface area contributed by atoms with Gasteiger partial charge in [-0.1, -0.05) is 18.2 Å². The van der Waals surface area contributed by atoms with Gasteiger partial charge in [-0.15, -0.1) is 0 Å². The summed E-state index contributed by atoms with van der Waals surface area (Å²) in [6, 6.07) is 8.17. The van der Waals surface area contributed by atoms with Crippen LogP contribution in [0.4, 0.5) is 0 Å². The van der Waals surface area contributed by atoms with Gasteiger partial charge in [-0.3, -0.25) is 9.36 Å². The number of ether oxygens (including phenoxy) is 1. The van der Waals surface area contributed by atoms with Crippen LogP contribution in [0.5, 0.6) is 0 Å². The summed E-state index contributed by atoms with van der Waals surface area (Å²) >= 11 is 0. The molecule has 0 saturated heterocycles. The van der Waals surface area contributed by atoms with Gasteiger partial charge in [0.05, 0.1) is 11.6 Å². The Morgan fingerprint density at radius 2 is 1.96 bits per heavy atom. The zero-order chi connectivity index (χ0) is 16.4. The average molecular weight is 314 g/mol. The summed E-state index contributed by atoms with van der Waals surface area (Å²) < 4.78 is 7.35. The maximum Gasteiger partial charge on any atom is 0.234 e. The number of rotatable bonds is 4. The molecule has 0 aliphatic heterocycles. The average Bonchev–Trinajstić information content (AvgIpc) is 2.87. The predicted octanol–water partition coefficient (Wildman–Crippen LogP) is 3.30. The van der Waals surface area contributed by atoms with Crippen LogP contribution in [0.1, 0.15) is 41.7 Å². The van der Waals surface area contributed by atoms with Gasteiger partial charge >= 0.3 is 0 Å². The molecular weight excluding hydrogens is 288 g/mol. The van der Waals surface area contributed by atoms with Crippen molar-refractivity contribution >= 4 is 16.8 Å². The molecule has 0 amide bonds. The molecule has 0 bridgehead atoms. The van der Waals surface area contributed by atoms with Gasteiger partial charge in [0.2, 0.25) is 5.91 Å². The topological polar surface area (TPSA) is 57.2 Å². The number of fused-ring (bicyclic) bond motifs is 1. The summed E-state index contributed by atoms with van der Waals surface area (Å²) in [5.74, 6) is 0.332. The van der Waals surface area contributed by atoms with Gasteiger partial charge in [-0.2, -0.15) is 0 Å². The second kappa shape index (κ2) is 6.85. The Balaban J connectivity index is 1.96. The number of nitrogens with zero attached hydrogens (tertiary/aromatic N) is 1. The molecule has 1 aromatic heterocycles. The molecule has 2 aromatic rings. The molecule has 1 aromatic carbocycles. The van der Waals surface area contributed by atoms with E-state index >= 15 is 0 Å². The molecule has 4 heteroatoms. The molecule has 0 unspecified atom stereocenters. The SMILES string of the molecule is COC1CCC(C(=O)n2c(C)c(CCN)c3ccccc32)CC1. The van der Waals surface area contributed by atoms with Gasteiger partial charge in [-0.05, 0) is 57.2 Å². The fourth-order valence-corrected chi connectivity index (χ4v) is 3.91. The van der Waals surface area contributed by atoms with Crippen molar-refractivity contribution in [2.75, 3.05) is 13.7 Å². The van der Waals surface area contributed by atoms with E-state index in [4.69, 9.17) is 10.5 Å². The molecule has 0 radical (unpaired) electrons. The third-order valence-corrected chi connectivity index (χ3v) is 5.21. The first-order valence-corrected chi connectivity index (χ1v) is 8.53. The second-order valence-electron chi connectivity index (χ2n) is 6.50. The highest BCUT2D eigenvalue weighted by molar-refractivity contribution is 5.97. The maximum absolute atomic E-state index is 13.1. The van der Waals surface area contributed by atoms with Gasteiger partial charge in [0.1, 0.15) is 0 Å². The lowest BCUT2D eigenvalue weighted by molar-refractivity contribution is 0.0483. The summed E-state index contributed by atoms with van der Waals surface area (Å²) in [5.41, 5.74) is 9.05. The third-order valence-electron chi connectivity index (χ3n) is 5.21. The Morgan fingerprint density at radius 1 is 1.26 bits per heavy atom. The molecule has 0 spiro atoms. The molecular formula is C19H26N2O2. The highest BCUT2D eigenvalue weighted by Gasteiger charge is 2.29. The van der Waals surface area contributed by atoms with Crippen LogP contribution in [-0.2, 0) is 11.2 Å². The quantitative estimate of drug-likeness (QED) is 0.942. The van der Waals surface area contributed by atoms with Crippen molar-refractivity contribution in [3.05, 3.63) is 35.5 Å². The third kappa shape index (κ3) is 2.93. The first kappa shape index (κ1) is 16.2. The van der Waals surface area contributed by atoms with Crippen molar-refractivity contribution < 1.29 is 9.53 Å². The molecule has 1 aliphatic carbocycles. The number of carbonyl (C=O) groups excluding carboxylic acids is 1. The fourth-order valence-electron chi connectivity index (χ4n) is 3.91. The van der Waals surface area contributed by atoms with Crippen LogP contribution in [0.15, 0.2) is 24.3 Å². The van der Waals surface area contributed by atoms with E-state index in [9.17, 15) is 4.79 Å².